The minimum atomic E-state index is -0.841. The van der Waals surface area contributed by atoms with Crippen LogP contribution in [0.4, 0.5) is 0 Å². The molecule has 0 fully saturated rings. The Morgan fingerprint density at radius 3 is 2.44 bits per heavy atom. The first-order valence-corrected chi connectivity index (χ1v) is 6.07. The van der Waals surface area contributed by atoms with Crippen LogP contribution in [0.5, 0.6) is 0 Å². The van der Waals surface area contributed by atoms with Gasteiger partial charge in [0.15, 0.2) is 0 Å². The molecule has 1 atom stereocenters. The fourth-order valence-electron chi connectivity index (χ4n) is 1.57. The summed E-state index contributed by atoms with van der Waals surface area (Å²) in [6.45, 7) is 3.66. The number of rotatable bonds is 7. The molecule has 100 valence electrons. The molecule has 0 spiro atoms. The van der Waals surface area contributed by atoms with E-state index in [1.165, 1.54) is 0 Å². The molecule has 18 heavy (non-hydrogen) atoms. The lowest BCUT2D eigenvalue weighted by Crippen LogP contribution is -2.43. The van der Waals surface area contributed by atoms with Gasteiger partial charge in [-0.15, -0.1) is 0 Å². The van der Waals surface area contributed by atoms with Gasteiger partial charge in [0.05, 0.1) is 12.0 Å². The van der Waals surface area contributed by atoms with Crippen LogP contribution in [-0.4, -0.2) is 35.4 Å². The number of aliphatic carboxylic acids is 1. The summed E-state index contributed by atoms with van der Waals surface area (Å²) in [5.74, 6) is -0.841. The number of benzene rings is 1. The Morgan fingerprint density at radius 2 is 1.94 bits per heavy atom. The fraction of sp³-hybridized carbons (Fsp3) is 0.500. The van der Waals surface area contributed by atoms with Gasteiger partial charge in [-0.05, 0) is 25.8 Å². The molecule has 0 bridgehead atoms. The molecule has 1 unspecified atom stereocenters. The van der Waals surface area contributed by atoms with Crippen LogP contribution in [-0.2, 0) is 11.2 Å². The van der Waals surface area contributed by atoms with E-state index in [1.807, 2.05) is 30.3 Å². The number of hydrogen-bond donors (Lipinski definition) is 3. The molecule has 0 aliphatic rings. The lowest BCUT2D eigenvalue weighted by atomic mass is 9.93. The zero-order chi connectivity index (χ0) is 13.6. The molecule has 0 radical (unpaired) electrons. The SMILES string of the molecule is CC(C)(CNC(CO)Cc1ccccc1)C(=O)O. The van der Waals surface area contributed by atoms with E-state index < -0.39 is 11.4 Å². The van der Waals surface area contributed by atoms with E-state index in [0.717, 1.165) is 5.56 Å². The van der Waals surface area contributed by atoms with Gasteiger partial charge in [0.25, 0.3) is 0 Å². The van der Waals surface area contributed by atoms with Crippen LogP contribution < -0.4 is 5.32 Å². The highest BCUT2D eigenvalue weighted by atomic mass is 16.4. The third-order valence-electron chi connectivity index (χ3n) is 2.96. The number of carbonyl (C=O) groups is 1. The number of hydrogen-bond acceptors (Lipinski definition) is 3. The van der Waals surface area contributed by atoms with Crippen molar-refractivity contribution >= 4 is 5.97 Å². The first-order chi connectivity index (χ1) is 8.45. The first kappa shape index (κ1) is 14.7. The van der Waals surface area contributed by atoms with Crippen LogP contribution in [0.15, 0.2) is 30.3 Å². The Balaban J connectivity index is 2.51. The van der Waals surface area contributed by atoms with Crippen molar-refractivity contribution in [2.24, 2.45) is 5.41 Å². The van der Waals surface area contributed by atoms with Gasteiger partial charge in [-0.2, -0.15) is 0 Å². The van der Waals surface area contributed by atoms with Crippen molar-refractivity contribution in [1.29, 1.82) is 0 Å². The summed E-state index contributed by atoms with van der Waals surface area (Å²) in [6.07, 6.45) is 0.688. The predicted molar refractivity (Wildman–Crippen MR) is 70.4 cm³/mol. The predicted octanol–water partition coefficient (Wildman–Crippen LogP) is 1.29. The number of carboxylic acids is 1. The smallest absolute Gasteiger partial charge is 0.310 e. The minimum absolute atomic E-state index is 0.00933. The largest absolute Gasteiger partial charge is 0.481 e. The molecule has 0 amide bonds. The summed E-state index contributed by atoms with van der Waals surface area (Å²) in [7, 11) is 0. The first-order valence-electron chi connectivity index (χ1n) is 6.07. The highest BCUT2D eigenvalue weighted by Gasteiger charge is 2.27. The summed E-state index contributed by atoms with van der Waals surface area (Å²) in [5.41, 5.74) is 0.293. The third-order valence-corrected chi connectivity index (χ3v) is 2.96. The van der Waals surface area contributed by atoms with Gasteiger partial charge in [-0.3, -0.25) is 4.79 Å². The van der Waals surface area contributed by atoms with E-state index in [2.05, 4.69) is 5.32 Å². The summed E-state index contributed by atoms with van der Waals surface area (Å²) in [4.78, 5) is 11.0. The maximum atomic E-state index is 11.0. The van der Waals surface area contributed by atoms with Gasteiger partial charge >= 0.3 is 5.97 Å². The minimum Gasteiger partial charge on any atom is -0.481 e. The Labute approximate surface area is 108 Å². The number of nitrogens with one attached hydrogen (secondary N) is 1. The molecule has 4 heteroatoms. The summed E-state index contributed by atoms with van der Waals surface area (Å²) < 4.78 is 0. The van der Waals surface area contributed by atoms with Crippen LogP contribution in [0.2, 0.25) is 0 Å². The maximum Gasteiger partial charge on any atom is 0.310 e. The van der Waals surface area contributed by atoms with Gasteiger partial charge in [0.1, 0.15) is 0 Å². The molecule has 1 rings (SSSR count). The van der Waals surface area contributed by atoms with E-state index in [-0.39, 0.29) is 12.6 Å². The van der Waals surface area contributed by atoms with Gasteiger partial charge in [0, 0.05) is 12.6 Å². The highest BCUT2D eigenvalue weighted by Crippen LogP contribution is 2.14. The van der Waals surface area contributed by atoms with Crippen LogP contribution in [0, 0.1) is 5.41 Å². The molecule has 3 N–H and O–H groups in total. The Kier molecular flexibility index (Phi) is 5.31. The normalized spacial score (nSPS) is 13.3. The molecule has 0 heterocycles. The Hall–Kier alpha value is -1.39. The summed E-state index contributed by atoms with van der Waals surface area (Å²) in [5, 5.41) is 21.4. The van der Waals surface area contributed by atoms with Crippen molar-refractivity contribution in [3.63, 3.8) is 0 Å². The number of aliphatic hydroxyl groups excluding tert-OH is 1. The molecular weight excluding hydrogens is 230 g/mol. The van der Waals surface area contributed by atoms with Gasteiger partial charge in [0.2, 0.25) is 0 Å². The second-order valence-corrected chi connectivity index (χ2v) is 5.14. The zero-order valence-corrected chi connectivity index (χ0v) is 10.9. The topological polar surface area (TPSA) is 69.6 Å². The molecule has 1 aromatic carbocycles. The van der Waals surface area contributed by atoms with Crippen LogP contribution >= 0.6 is 0 Å². The zero-order valence-electron chi connectivity index (χ0n) is 10.9. The fourth-order valence-corrected chi connectivity index (χ4v) is 1.57. The van der Waals surface area contributed by atoms with Gasteiger partial charge in [-0.1, -0.05) is 30.3 Å². The van der Waals surface area contributed by atoms with Gasteiger partial charge < -0.3 is 15.5 Å². The van der Waals surface area contributed by atoms with Crippen molar-refractivity contribution in [1.82, 2.24) is 5.32 Å². The summed E-state index contributed by atoms with van der Waals surface area (Å²) >= 11 is 0. The quantitative estimate of drug-likeness (QED) is 0.683. The van der Waals surface area contributed by atoms with E-state index in [0.29, 0.717) is 13.0 Å². The average Bonchev–Trinajstić information content (AvgIpc) is 2.35. The number of carboxylic acid groups (broad SMARTS) is 1. The van der Waals surface area contributed by atoms with Gasteiger partial charge in [-0.25, -0.2) is 0 Å². The maximum absolute atomic E-state index is 11.0. The lowest BCUT2D eigenvalue weighted by molar-refractivity contribution is -0.146. The Morgan fingerprint density at radius 1 is 1.33 bits per heavy atom. The molecular formula is C14H21NO3. The standard InChI is InChI=1S/C14H21NO3/c1-14(2,13(17)18)10-15-12(9-16)8-11-6-4-3-5-7-11/h3-7,12,15-16H,8-10H2,1-2H3,(H,17,18). The van der Waals surface area contributed by atoms with Crippen molar-refractivity contribution in [3.8, 4) is 0 Å². The van der Waals surface area contributed by atoms with Crippen LogP contribution in [0.25, 0.3) is 0 Å². The molecule has 0 aromatic heterocycles. The van der Waals surface area contributed by atoms with Crippen molar-refractivity contribution in [3.05, 3.63) is 35.9 Å². The van der Waals surface area contributed by atoms with Crippen LogP contribution in [0.3, 0.4) is 0 Å². The van der Waals surface area contributed by atoms with E-state index in [9.17, 15) is 9.90 Å². The molecule has 1 aromatic rings. The average molecular weight is 251 g/mol. The van der Waals surface area contributed by atoms with Crippen molar-refractivity contribution in [2.45, 2.75) is 26.3 Å². The highest BCUT2D eigenvalue weighted by molar-refractivity contribution is 5.73. The monoisotopic (exact) mass is 251 g/mol. The van der Waals surface area contributed by atoms with E-state index >= 15 is 0 Å². The Bertz CT molecular complexity index is 376. The molecule has 0 aliphatic heterocycles. The summed E-state index contributed by atoms with van der Waals surface area (Å²) in [6, 6.07) is 9.71. The molecule has 0 saturated carbocycles. The second kappa shape index (κ2) is 6.52. The number of aliphatic hydroxyl groups is 1. The van der Waals surface area contributed by atoms with Crippen molar-refractivity contribution < 1.29 is 15.0 Å². The molecule has 0 saturated heterocycles. The van der Waals surface area contributed by atoms with E-state index in [1.54, 1.807) is 13.8 Å². The van der Waals surface area contributed by atoms with Crippen LogP contribution in [0.1, 0.15) is 19.4 Å². The van der Waals surface area contributed by atoms with E-state index in [4.69, 9.17) is 5.11 Å². The molecule has 4 nitrogen and oxygen atoms in total. The lowest BCUT2D eigenvalue weighted by Gasteiger charge is -2.24. The second-order valence-electron chi connectivity index (χ2n) is 5.14. The molecule has 0 aliphatic carbocycles. The third kappa shape index (κ3) is 4.47. The van der Waals surface area contributed by atoms with Crippen molar-refractivity contribution in [2.75, 3.05) is 13.2 Å².